The maximum Gasteiger partial charge on any atom is 0.0419 e. The van der Waals surface area contributed by atoms with E-state index in [0.717, 1.165) is 25.0 Å². The van der Waals surface area contributed by atoms with E-state index in [1.54, 1.807) is 0 Å². The molecule has 94 valence electrons. The van der Waals surface area contributed by atoms with Crippen LogP contribution in [0.1, 0.15) is 23.2 Å². The first-order valence-electron chi connectivity index (χ1n) is 6.45. The van der Waals surface area contributed by atoms with Gasteiger partial charge in [0.2, 0.25) is 0 Å². The zero-order chi connectivity index (χ0) is 12.8. The van der Waals surface area contributed by atoms with Crippen molar-refractivity contribution >= 4 is 0 Å². The Morgan fingerprint density at radius 1 is 1.11 bits per heavy atom. The summed E-state index contributed by atoms with van der Waals surface area (Å²) in [7, 11) is 0. The summed E-state index contributed by atoms with van der Waals surface area (Å²) in [6.07, 6.45) is 4.79. The maximum atomic E-state index is 6.15. The minimum atomic E-state index is 0.181. The van der Waals surface area contributed by atoms with Gasteiger partial charge in [0.1, 0.15) is 0 Å². The smallest absolute Gasteiger partial charge is 0.0419 e. The van der Waals surface area contributed by atoms with Crippen molar-refractivity contribution in [3.05, 3.63) is 65.5 Å². The first-order chi connectivity index (χ1) is 8.74. The normalized spacial score (nSPS) is 12.3. The van der Waals surface area contributed by atoms with Crippen LogP contribution in [0.4, 0.5) is 0 Å². The molecule has 2 nitrogen and oxygen atoms in total. The molecule has 0 aliphatic heterocycles. The van der Waals surface area contributed by atoms with Gasteiger partial charge in [-0.15, -0.1) is 0 Å². The van der Waals surface area contributed by atoms with Crippen LogP contribution in [0.5, 0.6) is 0 Å². The number of hydrogen-bond donors (Lipinski definition) is 1. The highest BCUT2D eigenvalue weighted by Crippen LogP contribution is 2.07. The van der Waals surface area contributed by atoms with Crippen molar-refractivity contribution in [1.29, 1.82) is 0 Å². The van der Waals surface area contributed by atoms with Gasteiger partial charge >= 0.3 is 0 Å². The summed E-state index contributed by atoms with van der Waals surface area (Å²) in [4.78, 5) is 4.39. The van der Waals surface area contributed by atoms with Gasteiger partial charge in [-0.05, 0) is 37.0 Å². The van der Waals surface area contributed by atoms with E-state index in [4.69, 9.17) is 5.73 Å². The molecule has 0 radical (unpaired) electrons. The van der Waals surface area contributed by atoms with Crippen LogP contribution >= 0.6 is 0 Å². The van der Waals surface area contributed by atoms with E-state index in [0.29, 0.717) is 0 Å². The monoisotopic (exact) mass is 240 g/mol. The van der Waals surface area contributed by atoms with Gasteiger partial charge in [-0.3, -0.25) is 4.98 Å². The van der Waals surface area contributed by atoms with Crippen molar-refractivity contribution < 1.29 is 0 Å². The summed E-state index contributed by atoms with van der Waals surface area (Å²) in [5.74, 6) is 0. The van der Waals surface area contributed by atoms with Crippen LogP contribution in [0.15, 0.2) is 48.7 Å². The summed E-state index contributed by atoms with van der Waals surface area (Å²) in [5, 5.41) is 0. The number of benzene rings is 1. The third kappa shape index (κ3) is 3.97. The molecule has 0 saturated carbocycles. The zero-order valence-electron chi connectivity index (χ0n) is 10.8. The van der Waals surface area contributed by atoms with Crippen molar-refractivity contribution in [1.82, 2.24) is 4.98 Å². The molecule has 0 spiro atoms. The number of nitrogens with two attached hydrogens (primary N) is 1. The van der Waals surface area contributed by atoms with Crippen molar-refractivity contribution in [2.75, 3.05) is 0 Å². The number of aryl methyl sites for hydroxylation is 2. The third-order valence-electron chi connectivity index (χ3n) is 3.09. The van der Waals surface area contributed by atoms with E-state index < -0.39 is 0 Å². The Labute approximate surface area is 109 Å². The topological polar surface area (TPSA) is 38.9 Å². The molecule has 0 aliphatic carbocycles. The quantitative estimate of drug-likeness (QED) is 0.872. The van der Waals surface area contributed by atoms with Crippen LogP contribution in [0, 0.1) is 6.92 Å². The van der Waals surface area contributed by atoms with Crippen LogP contribution in [0.2, 0.25) is 0 Å². The lowest BCUT2D eigenvalue weighted by Gasteiger charge is -2.11. The van der Waals surface area contributed by atoms with E-state index in [9.17, 15) is 0 Å². The Hall–Kier alpha value is -1.67. The van der Waals surface area contributed by atoms with Crippen molar-refractivity contribution in [3.8, 4) is 0 Å². The molecule has 2 N–H and O–H groups in total. The van der Waals surface area contributed by atoms with Crippen molar-refractivity contribution in [2.24, 2.45) is 5.73 Å². The summed E-state index contributed by atoms with van der Waals surface area (Å²) < 4.78 is 0. The van der Waals surface area contributed by atoms with Gasteiger partial charge in [0.15, 0.2) is 0 Å². The lowest BCUT2D eigenvalue weighted by atomic mass is 10.0. The molecule has 0 amide bonds. The fraction of sp³-hybridized carbons (Fsp3) is 0.312. The van der Waals surface area contributed by atoms with Crippen LogP contribution in [-0.2, 0) is 12.8 Å². The Morgan fingerprint density at radius 2 is 1.89 bits per heavy atom. The molecule has 18 heavy (non-hydrogen) atoms. The molecule has 0 fully saturated rings. The number of nitrogens with zero attached hydrogens (tertiary/aromatic N) is 1. The van der Waals surface area contributed by atoms with Gasteiger partial charge < -0.3 is 5.73 Å². The Bertz CT molecular complexity index is 462. The molecule has 2 heteroatoms. The SMILES string of the molecule is Cc1ccc(CC(N)CCc2ccccc2)nc1. The predicted octanol–water partition coefficient (Wildman–Crippen LogP) is 2.89. The minimum absolute atomic E-state index is 0.181. The lowest BCUT2D eigenvalue weighted by Crippen LogP contribution is -2.24. The Kier molecular flexibility index (Phi) is 4.48. The zero-order valence-corrected chi connectivity index (χ0v) is 10.8. The van der Waals surface area contributed by atoms with Crippen molar-refractivity contribution in [2.45, 2.75) is 32.2 Å². The fourth-order valence-corrected chi connectivity index (χ4v) is 1.99. The minimum Gasteiger partial charge on any atom is -0.327 e. The van der Waals surface area contributed by atoms with E-state index in [2.05, 4.69) is 41.4 Å². The molecule has 0 bridgehead atoms. The highest BCUT2D eigenvalue weighted by molar-refractivity contribution is 5.15. The summed E-state index contributed by atoms with van der Waals surface area (Å²) >= 11 is 0. The molecule has 1 heterocycles. The molecule has 1 unspecified atom stereocenters. The second-order valence-electron chi connectivity index (χ2n) is 4.82. The number of hydrogen-bond acceptors (Lipinski definition) is 2. The largest absolute Gasteiger partial charge is 0.327 e. The van der Waals surface area contributed by atoms with Crippen LogP contribution in [0.25, 0.3) is 0 Å². The molecule has 2 rings (SSSR count). The van der Waals surface area contributed by atoms with Gasteiger partial charge in [-0.25, -0.2) is 0 Å². The molecule has 0 saturated heterocycles. The second kappa shape index (κ2) is 6.31. The second-order valence-corrected chi connectivity index (χ2v) is 4.82. The average Bonchev–Trinajstić information content (AvgIpc) is 2.40. The first-order valence-corrected chi connectivity index (χ1v) is 6.45. The molecule has 2 aromatic rings. The highest BCUT2D eigenvalue weighted by atomic mass is 14.7. The van der Waals surface area contributed by atoms with Crippen LogP contribution in [-0.4, -0.2) is 11.0 Å². The van der Waals surface area contributed by atoms with Gasteiger partial charge in [0.25, 0.3) is 0 Å². The van der Waals surface area contributed by atoms with Gasteiger partial charge in [-0.1, -0.05) is 36.4 Å². The fourth-order valence-electron chi connectivity index (χ4n) is 1.99. The number of pyridine rings is 1. The van der Waals surface area contributed by atoms with Crippen LogP contribution in [0.3, 0.4) is 0 Å². The van der Waals surface area contributed by atoms with Gasteiger partial charge in [0, 0.05) is 24.4 Å². The molecule has 0 aliphatic rings. The van der Waals surface area contributed by atoms with E-state index in [1.165, 1.54) is 11.1 Å². The summed E-state index contributed by atoms with van der Waals surface area (Å²) in [6.45, 7) is 2.05. The molecular formula is C16H20N2. The average molecular weight is 240 g/mol. The predicted molar refractivity (Wildman–Crippen MR) is 75.4 cm³/mol. The molecule has 1 aromatic heterocycles. The molecule has 1 aromatic carbocycles. The van der Waals surface area contributed by atoms with E-state index in [-0.39, 0.29) is 6.04 Å². The van der Waals surface area contributed by atoms with E-state index >= 15 is 0 Å². The van der Waals surface area contributed by atoms with E-state index in [1.807, 2.05) is 19.2 Å². The first kappa shape index (κ1) is 12.8. The maximum absolute atomic E-state index is 6.15. The Morgan fingerprint density at radius 3 is 2.56 bits per heavy atom. The van der Waals surface area contributed by atoms with Crippen LogP contribution < -0.4 is 5.73 Å². The van der Waals surface area contributed by atoms with Gasteiger partial charge in [-0.2, -0.15) is 0 Å². The molecular weight excluding hydrogens is 220 g/mol. The highest BCUT2D eigenvalue weighted by Gasteiger charge is 2.05. The number of rotatable bonds is 5. The standard InChI is InChI=1S/C16H20N2/c1-13-7-10-16(18-12-13)11-15(17)9-8-14-5-3-2-4-6-14/h2-7,10,12,15H,8-9,11,17H2,1H3. The third-order valence-corrected chi connectivity index (χ3v) is 3.09. The summed E-state index contributed by atoms with van der Waals surface area (Å²) in [6, 6.07) is 14.8. The molecule has 1 atom stereocenters. The summed E-state index contributed by atoms with van der Waals surface area (Å²) in [5.41, 5.74) is 9.78. The van der Waals surface area contributed by atoms with Gasteiger partial charge in [0.05, 0.1) is 0 Å². The number of aromatic nitrogens is 1. The lowest BCUT2D eigenvalue weighted by molar-refractivity contribution is 0.603. The van der Waals surface area contributed by atoms with Crippen molar-refractivity contribution in [3.63, 3.8) is 0 Å². The Balaban J connectivity index is 1.82.